The molecule has 0 unspecified atom stereocenters. The zero-order valence-electron chi connectivity index (χ0n) is 20.3. The number of alkyl halides is 3. The monoisotopic (exact) mass is 513 g/mol. The molecule has 3 aromatic rings. The normalized spacial score (nSPS) is 11.8. The molecule has 192 valence electrons. The molecule has 0 fully saturated rings. The number of nitrogens with zero attached hydrogens (tertiary/aromatic N) is 3. The summed E-state index contributed by atoms with van der Waals surface area (Å²) in [5, 5.41) is 0.698. The molecule has 0 amide bonds. The van der Waals surface area contributed by atoms with Crippen molar-refractivity contribution in [1.29, 1.82) is 0 Å². The van der Waals surface area contributed by atoms with Crippen LogP contribution in [0.1, 0.15) is 37.8 Å². The minimum atomic E-state index is -5.84. The van der Waals surface area contributed by atoms with Gasteiger partial charge in [0.25, 0.3) is 5.56 Å². The van der Waals surface area contributed by atoms with Crippen LogP contribution < -0.4 is 10.5 Å². The van der Waals surface area contributed by atoms with Crippen LogP contribution in [0.4, 0.5) is 19.1 Å². The fourth-order valence-electron chi connectivity index (χ4n) is 3.77. The Balaban J connectivity index is 0.000000466. The maximum atomic E-state index is 13.3. The van der Waals surface area contributed by atoms with Gasteiger partial charge in [-0.15, -0.1) is 0 Å². The number of anilines is 1. The second-order valence-corrected chi connectivity index (χ2v) is 9.61. The van der Waals surface area contributed by atoms with Gasteiger partial charge in [-0.25, -0.2) is 4.98 Å². The maximum Gasteiger partial charge on any atom is 0.522 e. The molecule has 0 aliphatic rings. The number of rotatable bonds is 6. The minimum absolute atomic E-state index is 0.0165. The third-order valence-electron chi connectivity index (χ3n) is 5.32. The van der Waals surface area contributed by atoms with Gasteiger partial charge in [0.05, 0.1) is 10.9 Å². The first-order valence-electron chi connectivity index (χ1n) is 11.1. The van der Waals surface area contributed by atoms with E-state index in [0.717, 1.165) is 48.5 Å². The van der Waals surface area contributed by atoms with E-state index < -0.39 is 15.6 Å². The van der Waals surface area contributed by atoms with E-state index >= 15 is 0 Å². The van der Waals surface area contributed by atoms with Crippen molar-refractivity contribution in [3.05, 3.63) is 57.9 Å². The molecule has 7 nitrogen and oxygen atoms in total. The lowest BCUT2D eigenvalue weighted by Crippen LogP contribution is -2.33. The lowest BCUT2D eigenvalue weighted by Gasteiger charge is -2.25. The van der Waals surface area contributed by atoms with Crippen LogP contribution in [0.3, 0.4) is 0 Å². The summed E-state index contributed by atoms with van der Waals surface area (Å²) in [5.74, 6) is 0.758. The highest BCUT2D eigenvalue weighted by Gasteiger charge is 2.44. The SMILES string of the molecule is CCCN(CCC)c1nc2cccc(-c3ccc(C)cc3C)c2c(=O)n1C.O=S(=O)(O)C(F)(F)F. The second-order valence-electron chi connectivity index (χ2n) is 8.20. The van der Waals surface area contributed by atoms with E-state index in [1.54, 1.807) is 4.57 Å². The van der Waals surface area contributed by atoms with Gasteiger partial charge in [-0.05, 0) is 49.4 Å². The first kappa shape index (κ1) is 28.3. The molecule has 1 N–H and O–H groups in total. The Morgan fingerprint density at radius 1 is 1.03 bits per heavy atom. The van der Waals surface area contributed by atoms with Gasteiger partial charge in [0.1, 0.15) is 0 Å². The lowest BCUT2D eigenvalue weighted by molar-refractivity contribution is -0.0510. The van der Waals surface area contributed by atoms with E-state index in [2.05, 4.69) is 50.8 Å². The molecule has 3 rings (SSSR count). The summed E-state index contributed by atoms with van der Waals surface area (Å²) in [6, 6.07) is 12.3. The lowest BCUT2D eigenvalue weighted by atomic mass is 9.96. The van der Waals surface area contributed by atoms with Gasteiger partial charge in [-0.1, -0.05) is 49.7 Å². The van der Waals surface area contributed by atoms with Crippen molar-refractivity contribution in [2.24, 2.45) is 7.05 Å². The predicted octanol–water partition coefficient (Wildman–Crippen LogP) is 5.24. The molecule has 1 heterocycles. The second kappa shape index (κ2) is 11.2. The topological polar surface area (TPSA) is 92.5 Å². The standard InChI is InChI=1S/C23H29N3O.CHF3O3S/c1-6-13-26(14-7-2)23-24-20-10-8-9-19(21(20)22(27)25(23)5)18-12-11-16(3)15-17(18)4;2-1(3,4)8(5,6)7/h8-12,15H,6-7,13-14H2,1-5H3;(H,5,6,7). The first-order chi connectivity index (χ1) is 16.2. The van der Waals surface area contributed by atoms with Crippen molar-refractivity contribution < 1.29 is 26.1 Å². The van der Waals surface area contributed by atoms with Crippen molar-refractivity contribution in [3.8, 4) is 11.1 Å². The highest BCUT2D eigenvalue weighted by Crippen LogP contribution is 2.30. The Morgan fingerprint density at radius 3 is 2.09 bits per heavy atom. The van der Waals surface area contributed by atoms with E-state index in [9.17, 15) is 18.0 Å². The molecule has 0 radical (unpaired) electrons. The maximum absolute atomic E-state index is 13.3. The van der Waals surface area contributed by atoms with Crippen LogP contribution >= 0.6 is 0 Å². The van der Waals surface area contributed by atoms with Gasteiger partial charge in [-0.3, -0.25) is 13.9 Å². The molecule has 2 aromatic carbocycles. The molecular formula is C24H30F3N3O4S. The zero-order chi connectivity index (χ0) is 26.6. The van der Waals surface area contributed by atoms with Crippen molar-refractivity contribution in [1.82, 2.24) is 9.55 Å². The summed E-state index contributed by atoms with van der Waals surface area (Å²) >= 11 is 0. The number of aromatic nitrogens is 2. The Bertz CT molecular complexity index is 1350. The summed E-state index contributed by atoms with van der Waals surface area (Å²) < 4.78 is 59.3. The van der Waals surface area contributed by atoms with Crippen molar-refractivity contribution in [3.63, 3.8) is 0 Å². The van der Waals surface area contributed by atoms with E-state index in [0.29, 0.717) is 5.39 Å². The summed E-state index contributed by atoms with van der Waals surface area (Å²) in [7, 11) is -4.01. The van der Waals surface area contributed by atoms with Crippen LogP contribution in [0, 0.1) is 13.8 Å². The van der Waals surface area contributed by atoms with E-state index in [1.165, 1.54) is 11.1 Å². The number of hydrogen-bond acceptors (Lipinski definition) is 5. The van der Waals surface area contributed by atoms with Crippen LogP contribution in [0.15, 0.2) is 41.2 Å². The van der Waals surface area contributed by atoms with Gasteiger partial charge in [0.2, 0.25) is 5.95 Å². The number of hydrogen-bond donors (Lipinski definition) is 1. The fraction of sp³-hybridized carbons (Fsp3) is 0.417. The van der Waals surface area contributed by atoms with Crippen molar-refractivity contribution in [2.75, 3.05) is 18.0 Å². The summed E-state index contributed by atoms with van der Waals surface area (Å²) in [4.78, 5) is 20.4. The van der Waals surface area contributed by atoms with Crippen molar-refractivity contribution >= 4 is 27.0 Å². The van der Waals surface area contributed by atoms with Gasteiger partial charge < -0.3 is 4.90 Å². The molecule has 35 heavy (non-hydrogen) atoms. The van der Waals surface area contributed by atoms with Crippen LogP contribution in [0.5, 0.6) is 0 Å². The molecule has 0 saturated heterocycles. The van der Waals surface area contributed by atoms with Gasteiger partial charge in [0.15, 0.2) is 0 Å². The number of halogens is 3. The summed E-state index contributed by atoms with van der Waals surface area (Å²) in [6.07, 6.45) is 2.05. The molecule has 0 bridgehead atoms. The predicted molar refractivity (Wildman–Crippen MR) is 132 cm³/mol. The van der Waals surface area contributed by atoms with Crippen LogP contribution in [-0.4, -0.2) is 41.1 Å². The van der Waals surface area contributed by atoms with Crippen LogP contribution in [-0.2, 0) is 17.2 Å². The average Bonchev–Trinajstić information content (AvgIpc) is 2.75. The minimum Gasteiger partial charge on any atom is -0.342 e. The third kappa shape index (κ3) is 6.61. The van der Waals surface area contributed by atoms with Gasteiger partial charge >= 0.3 is 15.6 Å². The van der Waals surface area contributed by atoms with E-state index in [-0.39, 0.29) is 5.56 Å². The number of aryl methyl sites for hydroxylation is 2. The highest BCUT2D eigenvalue weighted by molar-refractivity contribution is 7.86. The van der Waals surface area contributed by atoms with E-state index in [4.69, 9.17) is 18.0 Å². The molecule has 11 heteroatoms. The highest BCUT2D eigenvalue weighted by atomic mass is 32.2. The summed E-state index contributed by atoms with van der Waals surface area (Å²) in [6.45, 7) is 10.3. The van der Waals surface area contributed by atoms with E-state index in [1.807, 2.05) is 25.2 Å². The molecule has 0 saturated carbocycles. The quantitative estimate of drug-likeness (QED) is 0.358. The Kier molecular flexibility index (Phi) is 9.07. The Morgan fingerprint density at radius 2 is 1.60 bits per heavy atom. The first-order valence-corrected chi connectivity index (χ1v) is 12.5. The smallest absolute Gasteiger partial charge is 0.342 e. The van der Waals surface area contributed by atoms with Crippen molar-refractivity contribution in [2.45, 2.75) is 46.0 Å². The molecule has 0 aliphatic carbocycles. The largest absolute Gasteiger partial charge is 0.522 e. The molecule has 0 spiro atoms. The molecular weight excluding hydrogens is 483 g/mol. The van der Waals surface area contributed by atoms with Crippen LogP contribution in [0.2, 0.25) is 0 Å². The molecule has 1 aromatic heterocycles. The molecule has 0 aliphatic heterocycles. The Labute approximate surface area is 203 Å². The fourth-order valence-corrected chi connectivity index (χ4v) is 3.77. The third-order valence-corrected chi connectivity index (χ3v) is 5.90. The summed E-state index contributed by atoms with van der Waals surface area (Å²) in [5.41, 5.74) is -0.302. The Hall–Kier alpha value is -2.92. The molecule has 0 atom stereocenters. The zero-order valence-corrected chi connectivity index (χ0v) is 21.2. The number of fused-ring (bicyclic) bond motifs is 1. The van der Waals surface area contributed by atoms with Crippen LogP contribution in [0.25, 0.3) is 22.0 Å². The average molecular weight is 514 g/mol. The number of benzene rings is 2. The van der Waals surface area contributed by atoms with Gasteiger partial charge in [0, 0.05) is 20.1 Å². The van der Waals surface area contributed by atoms with Gasteiger partial charge in [-0.2, -0.15) is 21.6 Å².